The van der Waals surface area contributed by atoms with Crippen LogP contribution in [0.2, 0.25) is 0 Å². The number of hydrogen-bond donors (Lipinski definition) is 0. The van der Waals surface area contributed by atoms with Gasteiger partial charge >= 0.3 is 0 Å². The highest BCUT2D eigenvalue weighted by Gasteiger charge is 2.00. The minimum atomic E-state index is -0.581. The molecule has 46 valence electrons. The second-order valence-corrected chi connectivity index (χ2v) is 2.79. The van der Waals surface area contributed by atoms with Crippen LogP contribution >= 0.6 is 0 Å². The van der Waals surface area contributed by atoms with E-state index in [4.69, 9.17) is 15.9 Å². The van der Waals surface area contributed by atoms with Crippen molar-refractivity contribution in [2.24, 2.45) is 0 Å². The van der Waals surface area contributed by atoms with E-state index in [2.05, 4.69) is 5.54 Å². The molecule has 0 fully saturated rings. The van der Waals surface area contributed by atoms with Crippen LogP contribution in [0.5, 0.6) is 0 Å². The quantitative estimate of drug-likeness (QED) is 0.286. The number of methoxy groups -OCH3 is 2. The van der Waals surface area contributed by atoms with Crippen molar-refractivity contribution < 1.29 is 9.47 Å². The first-order valence-electron chi connectivity index (χ1n) is 2.34. The van der Waals surface area contributed by atoms with Gasteiger partial charge in [0.2, 0.25) is 0 Å². The second-order valence-electron chi connectivity index (χ2n) is 1.31. The van der Waals surface area contributed by atoms with Gasteiger partial charge in [-0.25, -0.2) is 0 Å². The summed E-state index contributed by atoms with van der Waals surface area (Å²) in [4.78, 5) is 0. The maximum atomic E-state index is 5.03. The molecule has 0 aromatic heterocycles. The van der Waals surface area contributed by atoms with Gasteiger partial charge in [-0.3, -0.25) is 0 Å². The molecule has 0 N–H and O–H groups in total. The van der Waals surface area contributed by atoms with E-state index in [1.165, 1.54) is 0 Å². The van der Waals surface area contributed by atoms with Crippen LogP contribution in [0.3, 0.4) is 0 Å². The average Bonchev–Trinajstić information content (AvgIpc) is 1.83. The van der Waals surface area contributed by atoms with Gasteiger partial charge in [-0.05, 0) is 0 Å². The van der Waals surface area contributed by atoms with Crippen LogP contribution < -0.4 is 0 Å². The summed E-state index contributed by atoms with van der Waals surface area (Å²) in [7, 11) is 2.61. The van der Waals surface area contributed by atoms with Gasteiger partial charge < -0.3 is 9.47 Å². The molecule has 0 aliphatic carbocycles. The minimum absolute atomic E-state index is 0.0972. The SMILES string of the molecule is C#C[SiH2]C(OC)OC. The largest absolute Gasteiger partial charge is 0.359 e. The van der Waals surface area contributed by atoms with Crippen molar-refractivity contribution in [2.45, 2.75) is 5.91 Å². The van der Waals surface area contributed by atoms with Crippen molar-refractivity contribution in [3.63, 3.8) is 0 Å². The first kappa shape index (κ1) is 7.70. The predicted octanol–water partition coefficient (Wildman–Crippen LogP) is -0.678. The molecule has 2 nitrogen and oxygen atoms in total. The van der Waals surface area contributed by atoms with Gasteiger partial charge in [0.25, 0.3) is 0 Å². The van der Waals surface area contributed by atoms with Crippen molar-refractivity contribution in [1.82, 2.24) is 0 Å². The van der Waals surface area contributed by atoms with Crippen LogP contribution in [-0.4, -0.2) is 29.7 Å². The van der Waals surface area contributed by atoms with Crippen LogP contribution in [0.4, 0.5) is 0 Å². The summed E-state index contributed by atoms with van der Waals surface area (Å²) < 4.78 is 9.67. The molecule has 0 saturated carbocycles. The third kappa shape index (κ3) is 2.80. The molecule has 0 radical (unpaired) electrons. The van der Waals surface area contributed by atoms with Gasteiger partial charge in [0, 0.05) is 14.2 Å². The summed E-state index contributed by atoms with van der Waals surface area (Å²) in [6.07, 6.45) is 5.03. The van der Waals surface area contributed by atoms with E-state index in [0.717, 1.165) is 0 Å². The van der Waals surface area contributed by atoms with Crippen molar-refractivity contribution in [2.75, 3.05) is 14.2 Å². The summed E-state index contributed by atoms with van der Waals surface area (Å²) in [5.74, 6) is -0.0972. The Bertz CT molecular complexity index is 82.9. The van der Waals surface area contributed by atoms with Gasteiger partial charge in [-0.1, -0.05) is 0 Å². The highest BCUT2D eigenvalue weighted by atomic mass is 28.2. The molecular formula is C5H10O2Si. The van der Waals surface area contributed by atoms with Gasteiger partial charge in [0.15, 0.2) is 9.52 Å². The van der Waals surface area contributed by atoms with E-state index in [9.17, 15) is 0 Å². The highest BCUT2D eigenvalue weighted by molar-refractivity contribution is 6.46. The lowest BCUT2D eigenvalue weighted by Gasteiger charge is -2.07. The van der Waals surface area contributed by atoms with Crippen LogP contribution in [0.1, 0.15) is 0 Å². The van der Waals surface area contributed by atoms with Crippen LogP contribution in [0.15, 0.2) is 0 Å². The molecule has 0 atom stereocenters. The Labute approximate surface area is 52.0 Å². The number of ether oxygens (including phenoxy) is 2. The Morgan fingerprint density at radius 2 is 2.00 bits per heavy atom. The topological polar surface area (TPSA) is 18.5 Å². The molecular weight excluding hydrogens is 120 g/mol. The lowest BCUT2D eigenvalue weighted by Crippen LogP contribution is -2.19. The minimum Gasteiger partial charge on any atom is -0.359 e. The Morgan fingerprint density at radius 1 is 1.50 bits per heavy atom. The fourth-order valence-electron chi connectivity index (χ4n) is 0.359. The fourth-order valence-corrected chi connectivity index (χ4v) is 0.885. The Balaban J connectivity index is 3.25. The van der Waals surface area contributed by atoms with E-state index in [-0.39, 0.29) is 5.91 Å². The summed E-state index contributed by atoms with van der Waals surface area (Å²) in [6, 6.07) is 0. The van der Waals surface area contributed by atoms with Gasteiger partial charge in [-0.15, -0.1) is 12.0 Å². The molecule has 0 spiro atoms. The molecule has 0 bridgehead atoms. The Hall–Kier alpha value is -0.303. The van der Waals surface area contributed by atoms with Gasteiger partial charge in [0.05, 0.1) is 0 Å². The third-order valence-electron chi connectivity index (χ3n) is 0.810. The number of terminal acetylenes is 1. The molecule has 0 heterocycles. The van der Waals surface area contributed by atoms with E-state index in [0.29, 0.717) is 0 Å². The molecule has 0 aromatic carbocycles. The predicted molar refractivity (Wildman–Crippen MR) is 35.2 cm³/mol. The van der Waals surface area contributed by atoms with Gasteiger partial charge in [0.1, 0.15) is 5.91 Å². The molecule has 0 saturated heterocycles. The standard InChI is InChI=1S/C5H10O2Si/c1-4-8-5(6-2)7-3/h1,5H,8H2,2-3H3. The van der Waals surface area contributed by atoms with Crippen molar-refractivity contribution in [1.29, 1.82) is 0 Å². The van der Waals surface area contributed by atoms with Crippen molar-refractivity contribution in [3.8, 4) is 12.0 Å². The zero-order valence-electron chi connectivity index (χ0n) is 5.18. The van der Waals surface area contributed by atoms with Crippen LogP contribution in [0, 0.1) is 12.0 Å². The first-order chi connectivity index (χ1) is 3.85. The highest BCUT2D eigenvalue weighted by Crippen LogP contribution is 1.84. The molecule has 0 unspecified atom stereocenters. The summed E-state index contributed by atoms with van der Waals surface area (Å²) in [6.45, 7) is 0. The van der Waals surface area contributed by atoms with E-state index in [1.807, 2.05) is 0 Å². The third-order valence-corrected chi connectivity index (χ3v) is 2.05. The molecule has 0 aliphatic rings. The van der Waals surface area contributed by atoms with E-state index < -0.39 is 9.52 Å². The molecule has 8 heavy (non-hydrogen) atoms. The molecule has 0 aromatic rings. The fraction of sp³-hybridized carbons (Fsp3) is 0.600. The average molecular weight is 130 g/mol. The molecule has 0 amide bonds. The second kappa shape index (κ2) is 4.85. The lowest BCUT2D eigenvalue weighted by atomic mass is 11.3. The van der Waals surface area contributed by atoms with Crippen LogP contribution in [-0.2, 0) is 9.47 Å². The van der Waals surface area contributed by atoms with E-state index >= 15 is 0 Å². The number of rotatable bonds is 3. The van der Waals surface area contributed by atoms with Crippen molar-refractivity contribution in [3.05, 3.63) is 0 Å². The van der Waals surface area contributed by atoms with Crippen LogP contribution in [0.25, 0.3) is 0 Å². The summed E-state index contributed by atoms with van der Waals surface area (Å²) in [5, 5.41) is 0. The lowest BCUT2D eigenvalue weighted by molar-refractivity contribution is -0.0428. The Morgan fingerprint density at radius 3 is 2.12 bits per heavy atom. The maximum absolute atomic E-state index is 5.03. The van der Waals surface area contributed by atoms with Crippen molar-refractivity contribution >= 4 is 9.52 Å². The van der Waals surface area contributed by atoms with E-state index in [1.54, 1.807) is 14.2 Å². The summed E-state index contributed by atoms with van der Waals surface area (Å²) >= 11 is 0. The first-order valence-corrected chi connectivity index (χ1v) is 3.86. The Kier molecular flexibility index (Phi) is 4.66. The molecule has 0 aliphatic heterocycles. The summed E-state index contributed by atoms with van der Waals surface area (Å²) in [5.41, 5.74) is 2.56. The smallest absolute Gasteiger partial charge is 0.172 e. The number of hydrogen-bond acceptors (Lipinski definition) is 2. The van der Waals surface area contributed by atoms with Gasteiger partial charge in [-0.2, -0.15) is 0 Å². The maximum Gasteiger partial charge on any atom is 0.172 e. The monoisotopic (exact) mass is 130 g/mol. The zero-order valence-corrected chi connectivity index (χ0v) is 6.59. The molecule has 3 heteroatoms. The zero-order chi connectivity index (χ0) is 6.41. The normalized spacial score (nSPS) is 10.8. The molecule has 0 rings (SSSR count).